The minimum atomic E-state index is -4.88. The van der Waals surface area contributed by atoms with E-state index in [-0.39, 0.29) is 24.5 Å². The average molecular weight is 711 g/mol. The fourth-order valence-electron chi connectivity index (χ4n) is 6.17. The Hall–Kier alpha value is -5.28. The van der Waals surface area contributed by atoms with Gasteiger partial charge in [0.25, 0.3) is 11.5 Å². The zero-order chi connectivity index (χ0) is 36.9. The van der Waals surface area contributed by atoms with Crippen molar-refractivity contribution in [1.29, 1.82) is 0 Å². The number of carbonyl (C=O) groups excluding carboxylic acids is 2. The monoisotopic (exact) mass is 710 g/mol. The Labute approximate surface area is 290 Å². The second-order valence-corrected chi connectivity index (χ2v) is 12.2. The average Bonchev–Trinajstić information content (AvgIpc) is 3.12. The number of nitrogens with one attached hydrogen (secondary N) is 1. The number of amides is 1. The highest BCUT2D eigenvalue weighted by Gasteiger charge is 2.35. The Bertz CT molecular complexity index is 2010. The van der Waals surface area contributed by atoms with Gasteiger partial charge in [-0.2, -0.15) is 13.2 Å². The first kappa shape index (κ1) is 37.0. The highest BCUT2D eigenvalue weighted by molar-refractivity contribution is 5.96. The van der Waals surface area contributed by atoms with Crippen molar-refractivity contribution in [2.45, 2.75) is 38.8 Å². The zero-order valence-electron chi connectivity index (χ0n) is 28.1. The minimum Gasteiger partial charge on any atom is -0.468 e. The number of carbonyl (C=O) groups is 2. The van der Waals surface area contributed by atoms with Gasteiger partial charge in [0, 0.05) is 55.6 Å². The Morgan fingerprint density at radius 1 is 0.922 bits per heavy atom. The number of hydrogen-bond acceptors (Lipinski definition) is 8. The smallest absolute Gasteiger partial charge is 0.416 e. The first-order chi connectivity index (χ1) is 24.3. The molecule has 1 saturated heterocycles. The van der Waals surface area contributed by atoms with E-state index in [1.165, 1.54) is 14.0 Å². The summed E-state index contributed by atoms with van der Waals surface area (Å²) in [5, 5.41) is 2.50. The molecular formula is C36H38F4N6O5. The zero-order valence-corrected chi connectivity index (χ0v) is 28.1. The van der Waals surface area contributed by atoms with E-state index in [2.05, 4.69) is 15.0 Å². The Balaban J connectivity index is 1.43. The van der Waals surface area contributed by atoms with Gasteiger partial charge in [-0.1, -0.05) is 48.5 Å². The molecule has 15 heteroatoms. The molecule has 0 radical (unpaired) electrons. The molecule has 1 amide bonds. The molecule has 51 heavy (non-hydrogen) atoms. The van der Waals surface area contributed by atoms with E-state index in [1.807, 2.05) is 6.07 Å². The molecule has 5 rings (SSSR count). The molecule has 0 unspecified atom stereocenters. The summed E-state index contributed by atoms with van der Waals surface area (Å²) in [5.74, 6) is -2.14. The van der Waals surface area contributed by atoms with E-state index in [0.717, 1.165) is 32.9 Å². The second-order valence-electron chi connectivity index (χ2n) is 12.2. The van der Waals surface area contributed by atoms with Crippen molar-refractivity contribution in [2.24, 2.45) is 5.73 Å². The van der Waals surface area contributed by atoms with E-state index < -0.39 is 58.8 Å². The third-order valence-corrected chi connectivity index (χ3v) is 8.91. The molecular weight excluding hydrogens is 672 g/mol. The maximum Gasteiger partial charge on any atom is 0.416 e. The number of rotatable bonds is 11. The van der Waals surface area contributed by atoms with Crippen LogP contribution in [0.5, 0.6) is 0 Å². The molecule has 3 aromatic carbocycles. The van der Waals surface area contributed by atoms with Gasteiger partial charge in [-0.25, -0.2) is 9.18 Å². The Morgan fingerprint density at radius 2 is 1.61 bits per heavy atom. The highest BCUT2D eigenvalue weighted by Crippen LogP contribution is 2.33. The highest BCUT2D eigenvalue weighted by atomic mass is 19.4. The van der Waals surface area contributed by atoms with Crippen LogP contribution in [0.1, 0.15) is 44.3 Å². The predicted octanol–water partition coefficient (Wildman–Crippen LogP) is 3.45. The van der Waals surface area contributed by atoms with Crippen molar-refractivity contribution < 1.29 is 31.9 Å². The molecule has 1 aliphatic rings. The van der Waals surface area contributed by atoms with E-state index in [4.69, 9.17) is 5.73 Å². The lowest BCUT2D eigenvalue weighted by Gasteiger charge is -2.37. The van der Waals surface area contributed by atoms with Crippen LogP contribution in [0.25, 0.3) is 0 Å². The lowest BCUT2D eigenvalue weighted by Crippen LogP contribution is -2.51. The Morgan fingerprint density at radius 3 is 2.27 bits per heavy atom. The second kappa shape index (κ2) is 15.7. The summed E-state index contributed by atoms with van der Waals surface area (Å²) >= 11 is 0. The Kier molecular flexibility index (Phi) is 11.4. The van der Waals surface area contributed by atoms with Crippen LogP contribution < -0.4 is 27.2 Å². The number of methoxy groups -OCH3 is 1. The van der Waals surface area contributed by atoms with Crippen LogP contribution in [0, 0.1) is 12.7 Å². The van der Waals surface area contributed by atoms with E-state index in [9.17, 15) is 32.3 Å². The molecule has 0 spiro atoms. The number of benzene rings is 3. The van der Waals surface area contributed by atoms with Crippen molar-refractivity contribution in [2.75, 3.05) is 44.7 Å². The first-order valence-corrected chi connectivity index (χ1v) is 16.2. The van der Waals surface area contributed by atoms with Crippen LogP contribution in [0.2, 0.25) is 0 Å². The van der Waals surface area contributed by atoms with E-state index in [1.54, 1.807) is 53.4 Å². The van der Waals surface area contributed by atoms with Gasteiger partial charge in [0.15, 0.2) is 0 Å². The van der Waals surface area contributed by atoms with Crippen molar-refractivity contribution in [3.8, 4) is 0 Å². The number of ether oxygens (including phenoxy) is 1. The number of nitrogens with zero attached hydrogens (tertiary/aromatic N) is 4. The maximum absolute atomic E-state index is 15.0. The molecule has 3 N–H and O–H groups in total. The summed E-state index contributed by atoms with van der Waals surface area (Å²) in [6, 6.07) is 17.5. The summed E-state index contributed by atoms with van der Waals surface area (Å²) in [7, 11) is 1.23. The molecule has 2 heterocycles. The number of alkyl halides is 3. The number of anilines is 1. The summed E-state index contributed by atoms with van der Waals surface area (Å²) < 4.78 is 63.4. The molecule has 0 saturated carbocycles. The number of esters is 1. The maximum atomic E-state index is 15.0. The van der Waals surface area contributed by atoms with Gasteiger partial charge in [0.05, 0.1) is 25.8 Å². The van der Waals surface area contributed by atoms with Crippen molar-refractivity contribution in [3.05, 3.63) is 133 Å². The summed E-state index contributed by atoms with van der Waals surface area (Å²) in [5.41, 5.74) is 4.99. The van der Waals surface area contributed by atoms with Crippen LogP contribution in [0.3, 0.4) is 0 Å². The van der Waals surface area contributed by atoms with Crippen LogP contribution in [-0.2, 0) is 35.3 Å². The minimum absolute atomic E-state index is 0.102. The molecule has 11 nitrogen and oxygen atoms in total. The molecule has 0 bridgehead atoms. The number of aromatic nitrogens is 2. The van der Waals surface area contributed by atoms with Crippen molar-refractivity contribution >= 4 is 17.6 Å². The summed E-state index contributed by atoms with van der Waals surface area (Å²) in [4.78, 5) is 55.8. The third kappa shape index (κ3) is 8.55. The van der Waals surface area contributed by atoms with Gasteiger partial charge in [0.2, 0.25) is 0 Å². The molecule has 4 aromatic rings. The van der Waals surface area contributed by atoms with Crippen LogP contribution in [-0.4, -0.2) is 65.7 Å². The van der Waals surface area contributed by atoms with Gasteiger partial charge in [-0.15, -0.1) is 0 Å². The normalized spacial score (nSPS) is 14.3. The number of nitrogens with two attached hydrogens (primary N) is 1. The standard InChI is InChI=1S/C36H38F4N6O5/c1-23-32(44-16-14-43(15-17-44)20-24-8-6-11-26(18-24)33(48)42-19-31(47)51-2)34(49)46(22-30(41)25-9-4-3-5-10-25)35(50)45(23)21-27-28(36(38,39)40)12-7-13-29(27)37/h3-13,18,30H,14-17,19-22,41H2,1-2H3,(H,42,48)/t30-/m1/s1. The quantitative estimate of drug-likeness (QED) is 0.179. The molecule has 1 aromatic heterocycles. The van der Waals surface area contributed by atoms with E-state index in [0.29, 0.717) is 43.9 Å². The third-order valence-electron chi connectivity index (χ3n) is 8.91. The SMILES string of the molecule is COC(=O)CNC(=O)c1cccc(CN2CCN(c3c(C)n(Cc4c(F)cccc4C(F)(F)F)c(=O)n(C[C@@H](N)c4ccccc4)c3=O)CC2)c1. The fraction of sp³-hybridized carbons (Fsp3) is 0.333. The number of halogens is 4. The lowest BCUT2D eigenvalue weighted by atomic mass is 10.1. The topological polar surface area (TPSA) is 132 Å². The predicted molar refractivity (Wildman–Crippen MR) is 182 cm³/mol. The molecule has 1 aliphatic heterocycles. The van der Waals surface area contributed by atoms with Crippen molar-refractivity contribution in [1.82, 2.24) is 19.4 Å². The van der Waals surface area contributed by atoms with Gasteiger partial charge in [-0.05, 0) is 42.3 Å². The van der Waals surface area contributed by atoms with Crippen molar-refractivity contribution in [3.63, 3.8) is 0 Å². The lowest BCUT2D eigenvalue weighted by molar-refractivity contribution is -0.139. The largest absolute Gasteiger partial charge is 0.468 e. The van der Waals surface area contributed by atoms with Gasteiger partial charge in [0.1, 0.15) is 18.0 Å². The van der Waals surface area contributed by atoms with Gasteiger partial charge in [-0.3, -0.25) is 28.4 Å². The van der Waals surface area contributed by atoms with Crippen LogP contribution in [0.4, 0.5) is 23.2 Å². The number of piperazine rings is 1. The summed E-state index contributed by atoms with van der Waals surface area (Å²) in [6.45, 7) is 2.23. The summed E-state index contributed by atoms with van der Waals surface area (Å²) in [6.07, 6.45) is -4.88. The van der Waals surface area contributed by atoms with Gasteiger partial charge < -0.3 is 20.7 Å². The first-order valence-electron chi connectivity index (χ1n) is 16.2. The molecule has 270 valence electrons. The van der Waals surface area contributed by atoms with Crippen LogP contribution >= 0.6 is 0 Å². The fourth-order valence-corrected chi connectivity index (χ4v) is 6.17. The molecule has 1 atom stereocenters. The molecule has 0 aliphatic carbocycles. The number of hydrogen-bond donors (Lipinski definition) is 2. The van der Waals surface area contributed by atoms with E-state index >= 15 is 4.39 Å². The molecule has 1 fully saturated rings. The van der Waals surface area contributed by atoms with Gasteiger partial charge >= 0.3 is 17.8 Å². The van der Waals surface area contributed by atoms with Crippen LogP contribution in [0.15, 0.2) is 82.4 Å².